The lowest BCUT2D eigenvalue weighted by molar-refractivity contribution is -0.146. The van der Waals surface area contributed by atoms with Gasteiger partial charge < -0.3 is 20.1 Å². The van der Waals surface area contributed by atoms with Gasteiger partial charge in [-0.15, -0.1) is 0 Å². The van der Waals surface area contributed by atoms with E-state index < -0.39 is 26.5 Å². The predicted molar refractivity (Wildman–Crippen MR) is 146 cm³/mol. The summed E-state index contributed by atoms with van der Waals surface area (Å²) in [6, 6.07) is 0. The lowest BCUT2D eigenvalue weighted by atomic mass is 10.0. The Labute approximate surface area is 225 Å². The van der Waals surface area contributed by atoms with E-state index in [4.69, 9.17) is 9.26 Å². The molecule has 0 aromatic carbocycles. The van der Waals surface area contributed by atoms with Crippen molar-refractivity contribution in [3.05, 3.63) is 0 Å². The van der Waals surface area contributed by atoms with Crippen LogP contribution >= 0.6 is 7.82 Å². The number of hydrogen-bond donors (Lipinski definition) is 3. The van der Waals surface area contributed by atoms with Crippen molar-refractivity contribution in [2.75, 3.05) is 26.4 Å². The molecular formula is C27H54NO8P. The number of phosphoric acid groups is 1. The summed E-state index contributed by atoms with van der Waals surface area (Å²) in [5.74, 6) is -0.603. The van der Waals surface area contributed by atoms with Crippen LogP contribution in [0, 0.1) is 0 Å². The molecule has 0 aliphatic heterocycles. The monoisotopic (exact) mass is 551 g/mol. The first-order valence-corrected chi connectivity index (χ1v) is 16.0. The van der Waals surface area contributed by atoms with Gasteiger partial charge >= 0.3 is 13.8 Å². The molecule has 9 nitrogen and oxygen atoms in total. The molecule has 10 heteroatoms. The molecule has 2 atom stereocenters. The second kappa shape index (κ2) is 25.3. The number of rotatable bonds is 27. The highest BCUT2D eigenvalue weighted by Crippen LogP contribution is 2.42. The Hall–Kier alpha value is -0.990. The summed E-state index contributed by atoms with van der Waals surface area (Å²) >= 11 is 0. The first-order chi connectivity index (χ1) is 17.8. The summed E-state index contributed by atoms with van der Waals surface area (Å²) in [7, 11) is -4.37. The van der Waals surface area contributed by atoms with Crippen molar-refractivity contribution in [2.24, 2.45) is 0 Å². The zero-order chi connectivity index (χ0) is 27.6. The van der Waals surface area contributed by atoms with Crippen LogP contribution in [0.25, 0.3) is 0 Å². The summed E-state index contributed by atoms with van der Waals surface area (Å²) < 4.78 is 25.9. The Bertz CT molecular complexity index is 605. The minimum atomic E-state index is -4.37. The number of aliphatic hydroxyl groups is 1. The van der Waals surface area contributed by atoms with Crippen molar-refractivity contribution in [1.29, 1.82) is 0 Å². The Morgan fingerprint density at radius 3 is 1.73 bits per heavy atom. The third-order valence-electron chi connectivity index (χ3n) is 6.09. The van der Waals surface area contributed by atoms with Crippen LogP contribution in [0.1, 0.15) is 129 Å². The molecule has 0 saturated heterocycles. The third-order valence-corrected chi connectivity index (χ3v) is 7.08. The van der Waals surface area contributed by atoms with Crippen LogP contribution in [0.3, 0.4) is 0 Å². The number of amides is 1. The highest BCUT2D eigenvalue weighted by Gasteiger charge is 2.23. The summed E-state index contributed by atoms with van der Waals surface area (Å²) in [4.78, 5) is 32.5. The molecule has 0 aliphatic rings. The number of carbonyl (C=O) groups excluding carboxylic acids is 2. The number of aliphatic hydroxyl groups excluding tert-OH is 1. The van der Waals surface area contributed by atoms with Crippen LogP contribution in [0.4, 0.5) is 0 Å². The highest BCUT2D eigenvalue weighted by atomic mass is 31.2. The smallest absolute Gasteiger partial charge is 0.463 e. The van der Waals surface area contributed by atoms with E-state index in [1.165, 1.54) is 83.5 Å². The Morgan fingerprint density at radius 1 is 0.757 bits per heavy atom. The van der Waals surface area contributed by atoms with Crippen molar-refractivity contribution in [3.8, 4) is 0 Å². The normalized spacial score (nSPS) is 13.7. The number of phosphoric ester groups is 1. The first kappa shape index (κ1) is 36.0. The van der Waals surface area contributed by atoms with Crippen molar-refractivity contribution in [1.82, 2.24) is 5.32 Å². The van der Waals surface area contributed by atoms with Gasteiger partial charge in [-0.1, -0.05) is 110 Å². The van der Waals surface area contributed by atoms with Gasteiger partial charge in [0.25, 0.3) is 0 Å². The van der Waals surface area contributed by atoms with E-state index >= 15 is 0 Å². The molecule has 0 bridgehead atoms. The molecule has 0 aromatic heterocycles. The number of esters is 1. The maximum absolute atomic E-state index is 11.9. The number of nitrogens with one attached hydrogen (secondary N) is 1. The molecule has 0 spiro atoms. The van der Waals surface area contributed by atoms with Gasteiger partial charge in [0.15, 0.2) is 0 Å². The number of hydrogen-bond acceptors (Lipinski definition) is 7. The molecule has 0 saturated carbocycles. The van der Waals surface area contributed by atoms with E-state index in [2.05, 4.69) is 16.8 Å². The molecule has 0 aromatic rings. The molecule has 0 fully saturated rings. The van der Waals surface area contributed by atoms with Crippen LogP contribution in [-0.4, -0.2) is 54.3 Å². The first-order valence-electron chi connectivity index (χ1n) is 14.5. The Kier molecular flexibility index (Phi) is 24.6. The van der Waals surface area contributed by atoms with Gasteiger partial charge in [-0.05, 0) is 6.42 Å². The van der Waals surface area contributed by atoms with E-state index in [9.17, 15) is 24.2 Å². The van der Waals surface area contributed by atoms with Crippen molar-refractivity contribution in [3.63, 3.8) is 0 Å². The van der Waals surface area contributed by atoms with Crippen LogP contribution in [0.5, 0.6) is 0 Å². The quantitative estimate of drug-likeness (QED) is 0.0624. The van der Waals surface area contributed by atoms with E-state index in [0.717, 1.165) is 19.3 Å². The maximum atomic E-state index is 11.9. The SMILES string of the molecule is CCCCCCCCCCCCCCCCCCC(=O)NCCOP(=O)(O)OCC(O)COC(=O)CC. The van der Waals surface area contributed by atoms with Gasteiger partial charge in [0.05, 0.1) is 13.2 Å². The molecular weight excluding hydrogens is 497 g/mol. The largest absolute Gasteiger partial charge is 0.472 e. The second-order valence-corrected chi connectivity index (χ2v) is 11.1. The number of carbonyl (C=O) groups is 2. The Morgan fingerprint density at radius 2 is 1.24 bits per heavy atom. The average Bonchev–Trinajstić information content (AvgIpc) is 2.88. The number of unbranched alkanes of at least 4 members (excludes halogenated alkanes) is 15. The van der Waals surface area contributed by atoms with Crippen LogP contribution in [-0.2, 0) is 27.9 Å². The maximum Gasteiger partial charge on any atom is 0.472 e. The van der Waals surface area contributed by atoms with Gasteiger partial charge in [-0.25, -0.2) is 4.57 Å². The minimum Gasteiger partial charge on any atom is -0.463 e. The van der Waals surface area contributed by atoms with Crippen molar-refractivity contribution >= 4 is 19.7 Å². The van der Waals surface area contributed by atoms with E-state index in [1.807, 2.05) is 0 Å². The lowest BCUT2D eigenvalue weighted by Gasteiger charge is -2.15. The molecule has 3 N–H and O–H groups in total. The number of ether oxygens (including phenoxy) is 1. The van der Waals surface area contributed by atoms with E-state index in [0.29, 0.717) is 6.42 Å². The predicted octanol–water partition coefficient (Wildman–Crippen LogP) is 6.20. The summed E-state index contributed by atoms with van der Waals surface area (Å²) in [5, 5.41) is 12.2. The molecule has 37 heavy (non-hydrogen) atoms. The standard InChI is InChI=1S/C27H54NO8P/c1-3-5-6-7-8-9-10-11-12-13-14-15-16-17-18-19-20-26(30)28-21-22-35-37(32,33)36-24-25(29)23-34-27(31)4-2/h25,29H,3-24H2,1-2H3,(H,28,30)(H,32,33). The highest BCUT2D eigenvalue weighted by molar-refractivity contribution is 7.47. The van der Waals surface area contributed by atoms with E-state index in [-0.39, 0.29) is 32.1 Å². The zero-order valence-corrected chi connectivity index (χ0v) is 24.3. The van der Waals surface area contributed by atoms with Crippen molar-refractivity contribution < 1.29 is 37.9 Å². The molecule has 0 aliphatic carbocycles. The van der Waals surface area contributed by atoms with Gasteiger partial charge in [-0.3, -0.25) is 18.6 Å². The van der Waals surface area contributed by atoms with Gasteiger partial charge in [0.2, 0.25) is 5.91 Å². The van der Waals surface area contributed by atoms with Gasteiger partial charge in [0.1, 0.15) is 12.7 Å². The van der Waals surface area contributed by atoms with E-state index in [1.54, 1.807) is 6.92 Å². The topological polar surface area (TPSA) is 131 Å². The Balaban J connectivity index is 3.48. The fourth-order valence-corrected chi connectivity index (χ4v) is 4.59. The fraction of sp³-hybridized carbons (Fsp3) is 0.926. The van der Waals surface area contributed by atoms with Gasteiger partial charge in [0, 0.05) is 19.4 Å². The summed E-state index contributed by atoms with van der Waals surface area (Å²) in [6.45, 7) is 2.91. The lowest BCUT2D eigenvalue weighted by Crippen LogP contribution is -2.27. The average molecular weight is 552 g/mol. The van der Waals surface area contributed by atoms with Crippen molar-refractivity contribution in [2.45, 2.75) is 136 Å². The van der Waals surface area contributed by atoms with Crippen LogP contribution in [0.15, 0.2) is 0 Å². The molecule has 0 rings (SSSR count). The zero-order valence-electron chi connectivity index (χ0n) is 23.4. The summed E-state index contributed by atoms with van der Waals surface area (Å²) in [6.07, 6.45) is 19.9. The molecule has 0 heterocycles. The fourth-order valence-electron chi connectivity index (χ4n) is 3.83. The van der Waals surface area contributed by atoms with Crippen LogP contribution < -0.4 is 5.32 Å². The second-order valence-electron chi connectivity index (χ2n) is 9.69. The molecule has 220 valence electrons. The summed E-state index contributed by atoms with van der Waals surface area (Å²) in [5.41, 5.74) is 0. The third kappa shape index (κ3) is 26.4. The molecule has 0 radical (unpaired) electrons. The van der Waals surface area contributed by atoms with Gasteiger partial charge in [-0.2, -0.15) is 0 Å². The minimum absolute atomic E-state index is 0.0856. The molecule has 2 unspecified atom stereocenters. The molecule has 1 amide bonds. The van der Waals surface area contributed by atoms with Crippen LogP contribution in [0.2, 0.25) is 0 Å².